The number of nitriles is 2. The zero-order valence-corrected chi connectivity index (χ0v) is 29.2. The predicted molar refractivity (Wildman–Crippen MR) is 203 cm³/mol. The molecule has 6 nitrogen and oxygen atoms in total. The average Bonchev–Trinajstić information content (AvgIpc) is 3.98. The predicted octanol–water partition coefficient (Wildman–Crippen LogP) is 11.1. The minimum atomic E-state index is -0.174. The fourth-order valence-electron chi connectivity index (χ4n) is 8.34. The second-order valence-corrected chi connectivity index (χ2v) is 16.2. The highest BCUT2D eigenvalue weighted by atomic mass is 32.1. The van der Waals surface area contributed by atoms with E-state index < -0.39 is 0 Å². The van der Waals surface area contributed by atoms with Crippen LogP contribution in [-0.4, -0.2) is 11.6 Å². The number of fused-ring (bicyclic) bond motifs is 9. The van der Waals surface area contributed by atoms with Gasteiger partial charge in [0, 0.05) is 63.7 Å². The van der Waals surface area contributed by atoms with Crippen molar-refractivity contribution in [2.75, 3.05) is 0 Å². The molecule has 240 valence electrons. The summed E-state index contributed by atoms with van der Waals surface area (Å²) in [7, 11) is 0. The molecule has 0 aliphatic heterocycles. The van der Waals surface area contributed by atoms with E-state index in [1.54, 1.807) is 70.4 Å². The van der Waals surface area contributed by atoms with Crippen molar-refractivity contribution in [3.63, 3.8) is 0 Å². The zero-order valence-electron chi connectivity index (χ0n) is 26.8. The van der Waals surface area contributed by atoms with Crippen LogP contribution in [0.3, 0.4) is 0 Å². The number of Topliss-reactive ketones (excluding diaryl/α,β-unsaturated/α-hetero) is 2. The Hall–Kier alpha value is -5.94. The minimum Gasteiger partial charge on any atom is -0.289 e. The summed E-state index contributed by atoms with van der Waals surface area (Å²) in [6.07, 6.45) is 9.16. The smallest absolute Gasteiger partial charge is 0.270 e. The van der Waals surface area contributed by atoms with E-state index in [0.29, 0.717) is 44.5 Å². The SMILES string of the molecule is [C-]#[N+]C(C#N)=C1/C(=C/c2cc3sc4c(c3s2)C2(CCCCC2)c2cc(/C=C3\C(=O)c5ccccc5\C3=C(\C#N)[N+]#[C-])sc2-4)C(=O)c2ccccc21. The lowest BCUT2D eigenvalue weighted by Crippen LogP contribution is -2.27. The molecular weight excluding hydrogens is 689 g/mol. The fourth-order valence-corrected chi connectivity index (χ4v) is 12.5. The van der Waals surface area contributed by atoms with Crippen molar-refractivity contribution in [3.05, 3.63) is 149 Å². The molecule has 4 aliphatic carbocycles. The number of hydrogen-bond acceptors (Lipinski definition) is 7. The van der Waals surface area contributed by atoms with Gasteiger partial charge in [-0.3, -0.25) is 9.59 Å². The lowest BCUT2D eigenvalue weighted by molar-refractivity contribution is 0.103. The molecule has 4 aliphatic rings. The van der Waals surface area contributed by atoms with Crippen molar-refractivity contribution in [2.45, 2.75) is 37.5 Å². The van der Waals surface area contributed by atoms with Crippen molar-refractivity contribution < 1.29 is 9.59 Å². The number of nitrogens with zero attached hydrogens (tertiary/aromatic N) is 4. The number of thiophene rings is 3. The van der Waals surface area contributed by atoms with Gasteiger partial charge in [0.15, 0.2) is 11.6 Å². The highest BCUT2D eigenvalue weighted by molar-refractivity contribution is 7.32. The molecule has 0 amide bonds. The summed E-state index contributed by atoms with van der Waals surface area (Å²) in [6.45, 7) is 15.3. The molecule has 0 saturated heterocycles. The standard InChI is InChI=1S/C42H22N4O2S3/c1-45-31(20-43)34-24-10-4-6-12-26(24)37(47)28(34)16-22-18-30-39(49-22)41-36(42(30)14-8-3-9-15-42)40-33(51-41)19-23(50-40)17-29-35(32(21-44)46-2)25-11-5-7-13-27(25)38(29)48/h4-7,10-13,16-19H,3,8-9,14-15H2/b28-16-,29-17-,34-31+,35-32?. The van der Waals surface area contributed by atoms with Gasteiger partial charge >= 0.3 is 0 Å². The molecule has 0 bridgehead atoms. The normalized spacial score (nSPS) is 20.1. The third-order valence-electron chi connectivity index (χ3n) is 10.4. The summed E-state index contributed by atoms with van der Waals surface area (Å²) in [4.78, 5) is 38.5. The molecule has 2 aromatic carbocycles. The van der Waals surface area contributed by atoms with Gasteiger partial charge in [0.1, 0.15) is 0 Å². The number of allylic oxidation sites excluding steroid dienone is 6. The van der Waals surface area contributed by atoms with E-state index in [1.165, 1.54) is 32.0 Å². The van der Waals surface area contributed by atoms with E-state index in [4.69, 9.17) is 13.1 Å². The fraction of sp³-hybridized carbons (Fsp3) is 0.143. The Kier molecular flexibility index (Phi) is 7.04. The lowest BCUT2D eigenvalue weighted by Gasteiger charge is -2.35. The van der Waals surface area contributed by atoms with Crippen LogP contribution in [-0.2, 0) is 5.41 Å². The zero-order chi connectivity index (χ0) is 35.0. The van der Waals surface area contributed by atoms with Crippen molar-refractivity contribution >= 4 is 78.3 Å². The van der Waals surface area contributed by atoms with Crippen LogP contribution in [0.15, 0.2) is 83.2 Å². The first-order chi connectivity index (χ1) is 24.9. The van der Waals surface area contributed by atoms with Gasteiger partial charge in [0.05, 0.1) is 34.9 Å². The topological polar surface area (TPSA) is 90.4 Å². The van der Waals surface area contributed by atoms with Crippen molar-refractivity contribution in [1.82, 2.24) is 0 Å². The Balaban J connectivity index is 1.18. The van der Waals surface area contributed by atoms with Crippen LogP contribution >= 0.6 is 34.0 Å². The van der Waals surface area contributed by atoms with Crippen LogP contribution in [0.4, 0.5) is 0 Å². The van der Waals surface area contributed by atoms with Gasteiger partial charge in [-0.15, -0.1) is 34.0 Å². The van der Waals surface area contributed by atoms with Crippen LogP contribution in [0.2, 0.25) is 0 Å². The Labute approximate surface area is 305 Å². The first kappa shape index (κ1) is 31.1. The number of hydrogen-bond donors (Lipinski definition) is 0. The highest BCUT2D eigenvalue weighted by Gasteiger charge is 2.48. The molecule has 3 aromatic heterocycles. The number of rotatable bonds is 2. The van der Waals surface area contributed by atoms with Crippen LogP contribution in [0.5, 0.6) is 0 Å². The van der Waals surface area contributed by atoms with Crippen LogP contribution < -0.4 is 0 Å². The Morgan fingerprint density at radius 2 is 1.24 bits per heavy atom. The van der Waals surface area contributed by atoms with Gasteiger partial charge < -0.3 is 0 Å². The molecule has 9 rings (SSSR count). The lowest BCUT2D eigenvalue weighted by atomic mass is 9.68. The molecule has 1 saturated carbocycles. The average molecular weight is 711 g/mol. The quantitative estimate of drug-likeness (QED) is 0.104. The third kappa shape index (κ3) is 4.34. The largest absolute Gasteiger partial charge is 0.289 e. The summed E-state index contributed by atoms with van der Waals surface area (Å²) >= 11 is 5.08. The van der Waals surface area contributed by atoms with Gasteiger partial charge in [-0.25, -0.2) is 20.2 Å². The summed E-state index contributed by atoms with van der Waals surface area (Å²) in [6, 6.07) is 22.7. The van der Waals surface area contributed by atoms with E-state index in [1.807, 2.05) is 36.4 Å². The highest BCUT2D eigenvalue weighted by Crippen LogP contribution is 2.64. The molecule has 0 unspecified atom stereocenters. The maximum atomic E-state index is 13.7. The van der Waals surface area contributed by atoms with Gasteiger partial charge in [-0.2, -0.15) is 0 Å². The van der Waals surface area contributed by atoms with E-state index >= 15 is 0 Å². The monoisotopic (exact) mass is 710 g/mol. The molecule has 3 heterocycles. The molecule has 0 N–H and O–H groups in total. The second kappa shape index (κ2) is 11.6. The summed E-state index contributed by atoms with van der Waals surface area (Å²) in [5.74, 6) is -0.344. The Morgan fingerprint density at radius 3 is 1.76 bits per heavy atom. The van der Waals surface area contributed by atoms with Crippen LogP contribution in [0.25, 0.3) is 52.1 Å². The van der Waals surface area contributed by atoms with Crippen molar-refractivity contribution in [1.29, 1.82) is 10.5 Å². The van der Waals surface area contributed by atoms with Gasteiger partial charge in [-0.1, -0.05) is 67.8 Å². The number of carbonyl (C=O) groups is 2. The minimum absolute atomic E-state index is 0.0808. The van der Waals surface area contributed by atoms with Crippen LogP contribution in [0.1, 0.15) is 84.8 Å². The number of benzene rings is 2. The molecule has 1 fully saturated rings. The van der Waals surface area contributed by atoms with Crippen molar-refractivity contribution in [3.8, 4) is 21.9 Å². The molecule has 51 heavy (non-hydrogen) atoms. The molecule has 9 heteroatoms. The molecule has 5 aromatic rings. The van der Waals surface area contributed by atoms with E-state index in [9.17, 15) is 20.1 Å². The summed E-state index contributed by atoms with van der Waals surface area (Å²) in [5, 5.41) is 19.6. The van der Waals surface area contributed by atoms with Crippen LogP contribution in [0, 0.1) is 35.8 Å². The molecule has 0 atom stereocenters. The maximum absolute atomic E-state index is 13.7. The number of carbonyl (C=O) groups excluding carboxylic acids is 2. The van der Waals surface area contributed by atoms with Gasteiger partial charge in [0.25, 0.3) is 11.4 Å². The second-order valence-electron chi connectivity index (χ2n) is 12.9. The van der Waals surface area contributed by atoms with E-state index in [0.717, 1.165) is 40.1 Å². The third-order valence-corrected chi connectivity index (χ3v) is 14.0. The van der Waals surface area contributed by atoms with Gasteiger partial charge in [-0.05, 0) is 53.8 Å². The first-order valence-electron chi connectivity index (χ1n) is 16.4. The molecule has 1 spiro atoms. The number of ketones is 2. The van der Waals surface area contributed by atoms with Crippen molar-refractivity contribution in [2.24, 2.45) is 0 Å². The molecular formula is C42H22N4O2S3. The Morgan fingerprint density at radius 1 is 0.706 bits per heavy atom. The summed E-state index contributed by atoms with van der Waals surface area (Å²) in [5.41, 5.74) is 6.18. The molecule has 0 radical (unpaired) electrons. The Bertz CT molecular complexity index is 2730. The van der Waals surface area contributed by atoms with Gasteiger partial charge in [0.2, 0.25) is 0 Å². The first-order valence-corrected chi connectivity index (χ1v) is 18.8. The van der Waals surface area contributed by atoms with E-state index in [-0.39, 0.29) is 28.4 Å². The summed E-state index contributed by atoms with van der Waals surface area (Å²) < 4.78 is 2.36. The maximum Gasteiger partial charge on any atom is 0.270 e. The van der Waals surface area contributed by atoms with E-state index in [2.05, 4.69) is 21.8 Å².